The summed E-state index contributed by atoms with van der Waals surface area (Å²) in [6.45, 7) is 6.00. The maximum atomic E-state index is 11.7. The maximum Gasteiger partial charge on any atom is 0.232 e. The van der Waals surface area contributed by atoms with E-state index < -0.39 is 10.0 Å². The highest BCUT2D eigenvalue weighted by Crippen LogP contribution is 2.31. The average molecular weight is 292 g/mol. The molecule has 0 unspecified atom stereocenters. The van der Waals surface area contributed by atoms with E-state index >= 15 is 0 Å². The summed E-state index contributed by atoms with van der Waals surface area (Å²) < 4.78 is 31.2. The molecule has 0 amide bonds. The van der Waals surface area contributed by atoms with E-state index in [4.69, 9.17) is 16.3 Å². The molecule has 6 heteroatoms. The molecule has 0 bridgehead atoms. The van der Waals surface area contributed by atoms with Gasteiger partial charge in [-0.3, -0.25) is 4.72 Å². The number of ether oxygens (including phenoxy) is 1. The molecule has 1 aromatic carbocycles. The lowest BCUT2D eigenvalue weighted by Crippen LogP contribution is -2.16. The van der Waals surface area contributed by atoms with E-state index in [2.05, 4.69) is 4.72 Å². The molecule has 0 aliphatic rings. The Hall–Kier alpha value is -0.940. The van der Waals surface area contributed by atoms with Crippen LogP contribution in [0.4, 0.5) is 5.69 Å². The third-order valence-electron chi connectivity index (χ3n) is 2.32. The molecule has 18 heavy (non-hydrogen) atoms. The van der Waals surface area contributed by atoms with Crippen LogP contribution in [0.25, 0.3) is 0 Å². The van der Waals surface area contributed by atoms with Gasteiger partial charge in [-0.15, -0.1) is 0 Å². The lowest BCUT2D eigenvalue weighted by Gasteiger charge is -2.13. The largest absolute Gasteiger partial charge is 0.492 e. The van der Waals surface area contributed by atoms with Gasteiger partial charge in [-0.2, -0.15) is 0 Å². The van der Waals surface area contributed by atoms with Gasteiger partial charge in [0, 0.05) is 0 Å². The summed E-state index contributed by atoms with van der Waals surface area (Å²) in [5, 5.41) is 0.400. The van der Waals surface area contributed by atoms with Gasteiger partial charge in [0.05, 0.1) is 23.1 Å². The van der Waals surface area contributed by atoms with Crippen LogP contribution in [0.2, 0.25) is 5.02 Å². The maximum absolute atomic E-state index is 11.7. The molecular weight excluding hydrogens is 274 g/mol. The Labute approximate surface area is 113 Å². The fourth-order valence-corrected chi connectivity index (χ4v) is 2.93. The molecule has 0 heterocycles. The normalized spacial score (nSPS) is 11.3. The SMILES string of the molecule is CCCS(=O)(=O)Nc1cc(Cl)c(OCC)cc1C. The molecule has 0 atom stereocenters. The molecule has 0 saturated heterocycles. The smallest absolute Gasteiger partial charge is 0.232 e. The van der Waals surface area contributed by atoms with Crippen LogP contribution in [0.1, 0.15) is 25.8 Å². The lowest BCUT2D eigenvalue weighted by atomic mass is 10.2. The number of benzene rings is 1. The van der Waals surface area contributed by atoms with Crippen LogP contribution < -0.4 is 9.46 Å². The molecule has 1 N–H and O–H groups in total. The second-order valence-corrected chi connectivity index (χ2v) is 6.20. The van der Waals surface area contributed by atoms with Gasteiger partial charge in [0.15, 0.2) is 0 Å². The minimum absolute atomic E-state index is 0.0945. The number of nitrogens with one attached hydrogen (secondary N) is 1. The van der Waals surface area contributed by atoms with Crippen molar-refractivity contribution in [1.29, 1.82) is 0 Å². The first-order valence-corrected chi connectivity index (χ1v) is 7.86. The number of sulfonamides is 1. The second kappa shape index (κ2) is 6.29. The molecule has 0 aliphatic heterocycles. The molecular formula is C12H18ClNO3S. The first kappa shape index (κ1) is 15.1. The summed E-state index contributed by atoms with van der Waals surface area (Å²) in [4.78, 5) is 0. The number of anilines is 1. The van der Waals surface area contributed by atoms with Crippen LogP contribution in [0.15, 0.2) is 12.1 Å². The number of hydrogen-bond acceptors (Lipinski definition) is 3. The Kier molecular flexibility index (Phi) is 5.28. The average Bonchev–Trinajstić information content (AvgIpc) is 2.25. The zero-order chi connectivity index (χ0) is 13.8. The molecule has 1 rings (SSSR count). The summed E-state index contributed by atoms with van der Waals surface area (Å²) >= 11 is 6.03. The molecule has 0 fully saturated rings. The Morgan fingerprint density at radius 1 is 1.33 bits per heavy atom. The highest BCUT2D eigenvalue weighted by Gasteiger charge is 2.13. The van der Waals surface area contributed by atoms with E-state index in [-0.39, 0.29) is 5.75 Å². The van der Waals surface area contributed by atoms with E-state index in [0.29, 0.717) is 29.5 Å². The van der Waals surface area contributed by atoms with Gasteiger partial charge in [0.25, 0.3) is 0 Å². The second-order valence-electron chi connectivity index (χ2n) is 3.95. The summed E-state index contributed by atoms with van der Waals surface area (Å²) in [5.41, 5.74) is 1.28. The van der Waals surface area contributed by atoms with Crippen molar-refractivity contribution in [1.82, 2.24) is 0 Å². The van der Waals surface area contributed by atoms with Gasteiger partial charge < -0.3 is 4.74 Å². The summed E-state index contributed by atoms with van der Waals surface area (Å²) in [6, 6.07) is 3.31. The van der Waals surface area contributed by atoms with Crippen LogP contribution in [0.3, 0.4) is 0 Å². The predicted molar refractivity (Wildman–Crippen MR) is 75.1 cm³/mol. The van der Waals surface area contributed by atoms with Crippen LogP contribution in [-0.2, 0) is 10.0 Å². The minimum Gasteiger partial charge on any atom is -0.492 e. The molecule has 102 valence electrons. The first-order valence-electron chi connectivity index (χ1n) is 5.83. The third kappa shape index (κ3) is 4.07. The topological polar surface area (TPSA) is 55.4 Å². The van der Waals surface area contributed by atoms with Crippen molar-refractivity contribution in [3.8, 4) is 5.75 Å². The van der Waals surface area contributed by atoms with Crippen molar-refractivity contribution < 1.29 is 13.2 Å². The summed E-state index contributed by atoms with van der Waals surface area (Å²) in [7, 11) is -3.30. The van der Waals surface area contributed by atoms with Crippen LogP contribution in [0.5, 0.6) is 5.75 Å². The zero-order valence-corrected chi connectivity index (χ0v) is 12.4. The zero-order valence-electron chi connectivity index (χ0n) is 10.8. The van der Waals surface area contributed by atoms with Gasteiger partial charge in [0.2, 0.25) is 10.0 Å². The Morgan fingerprint density at radius 2 is 2.00 bits per heavy atom. The summed E-state index contributed by atoms with van der Waals surface area (Å²) in [6.07, 6.45) is 0.569. The highest BCUT2D eigenvalue weighted by molar-refractivity contribution is 7.92. The standard InChI is InChI=1S/C12H18ClNO3S/c1-4-6-18(15,16)14-11-8-10(13)12(17-5-2)7-9(11)3/h7-8,14H,4-6H2,1-3H3. The van der Waals surface area contributed by atoms with Crippen LogP contribution in [0, 0.1) is 6.92 Å². The molecule has 0 aliphatic carbocycles. The number of aryl methyl sites for hydroxylation is 1. The Balaban J connectivity index is 3.01. The van der Waals surface area contributed by atoms with Crippen molar-refractivity contribution in [2.45, 2.75) is 27.2 Å². The van der Waals surface area contributed by atoms with E-state index in [1.54, 1.807) is 12.1 Å². The van der Waals surface area contributed by atoms with Gasteiger partial charge in [0.1, 0.15) is 5.75 Å². The molecule has 0 saturated carbocycles. The third-order valence-corrected chi connectivity index (χ3v) is 4.09. The lowest BCUT2D eigenvalue weighted by molar-refractivity contribution is 0.340. The highest BCUT2D eigenvalue weighted by atomic mass is 35.5. The van der Waals surface area contributed by atoms with Crippen molar-refractivity contribution in [3.63, 3.8) is 0 Å². The number of hydrogen-bond donors (Lipinski definition) is 1. The van der Waals surface area contributed by atoms with Crippen LogP contribution in [-0.4, -0.2) is 20.8 Å². The van der Waals surface area contributed by atoms with Gasteiger partial charge in [-0.25, -0.2) is 8.42 Å². The van der Waals surface area contributed by atoms with E-state index in [0.717, 1.165) is 5.56 Å². The molecule has 0 spiro atoms. The molecule has 0 aromatic heterocycles. The van der Waals surface area contributed by atoms with E-state index in [1.807, 2.05) is 20.8 Å². The van der Waals surface area contributed by atoms with Gasteiger partial charge in [-0.05, 0) is 38.0 Å². The van der Waals surface area contributed by atoms with Gasteiger partial charge in [-0.1, -0.05) is 18.5 Å². The van der Waals surface area contributed by atoms with Crippen LogP contribution >= 0.6 is 11.6 Å². The quantitative estimate of drug-likeness (QED) is 0.875. The monoisotopic (exact) mass is 291 g/mol. The molecule has 0 radical (unpaired) electrons. The van der Waals surface area contributed by atoms with E-state index in [9.17, 15) is 8.42 Å². The molecule has 1 aromatic rings. The molecule has 4 nitrogen and oxygen atoms in total. The number of rotatable bonds is 6. The fraction of sp³-hybridized carbons (Fsp3) is 0.500. The Bertz CT molecular complexity index is 514. The van der Waals surface area contributed by atoms with Crippen molar-refractivity contribution in [2.24, 2.45) is 0 Å². The van der Waals surface area contributed by atoms with E-state index in [1.165, 1.54) is 0 Å². The van der Waals surface area contributed by atoms with Crippen molar-refractivity contribution >= 4 is 27.3 Å². The number of halogens is 1. The Morgan fingerprint density at radius 3 is 2.56 bits per heavy atom. The predicted octanol–water partition coefficient (Wildman–Crippen LogP) is 3.20. The van der Waals surface area contributed by atoms with Gasteiger partial charge >= 0.3 is 0 Å². The fourth-order valence-electron chi connectivity index (χ4n) is 1.52. The minimum atomic E-state index is -3.30. The summed E-state index contributed by atoms with van der Waals surface area (Å²) in [5.74, 6) is 0.659. The van der Waals surface area contributed by atoms with Crippen molar-refractivity contribution in [2.75, 3.05) is 17.1 Å². The first-order chi connectivity index (χ1) is 8.39. The van der Waals surface area contributed by atoms with Crippen molar-refractivity contribution in [3.05, 3.63) is 22.7 Å².